The first-order valence-corrected chi connectivity index (χ1v) is 5.62. The molecule has 3 rings (SSSR count). The zero-order valence-corrected chi connectivity index (χ0v) is 9.47. The Hall–Kier alpha value is -2.20. The van der Waals surface area contributed by atoms with Gasteiger partial charge in [-0.25, -0.2) is 4.39 Å². The first-order valence-electron chi connectivity index (χ1n) is 5.62. The van der Waals surface area contributed by atoms with Gasteiger partial charge in [0.25, 0.3) is 0 Å². The van der Waals surface area contributed by atoms with Crippen LogP contribution < -0.4 is 5.43 Å². The highest BCUT2D eigenvalue weighted by atomic mass is 19.1. The number of aliphatic hydroxyl groups excluding tert-OH is 1. The van der Waals surface area contributed by atoms with E-state index in [1.807, 2.05) is 24.3 Å². The van der Waals surface area contributed by atoms with Crippen LogP contribution in [0.15, 0.2) is 53.6 Å². The minimum atomic E-state index is -0.801. The summed E-state index contributed by atoms with van der Waals surface area (Å²) >= 11 is 0. The molecular formula is C14H11FN2O. The van der Waals surface area contributed by atoms with Crippen LogP contribution in [0.5, 0.6) is 0 Å². The van der Waals surface area contributed by atoms with Crippen LogP contribution in [-0.4, -0.2) is 10.8 Å². The Bertz CT molecular complexity index is 607. The largest absolute Gasteiger partial charge is 0.368 e. The van der Waals surface area contributed by atoms with E-state index in [0.717, 1.165) is 16.7 Å². The number of aliphatic hydroxyl groups is 1. The Morgan fingerprint density at radius 3 is 2.56 bits per heavy atom. The Kier molecular flexibility index (Phi) is 2.57. The molecular weight excluding hydrogens is 231 g/mol. The van der Waals surface area contributed by atoms with E-state index in [-0.39, 0.29) is 5.82 Å². The average molecular weight is 242 g/mol. The first-order chi connectivity index (χ1) is 8.75. The van der Waals surface area contributed by atoms with Crippen LogP contribution in [0.4, 0.5) is 4.39 Å². The molecule has 1 aliphatic rings. The topological polar surface area (TPSA) is 44.6 Å². The van der Waals surface area contributed by atoms with Crippen molar-refractivity contribution in [2.24, 2.45) is 5.10 Å². The number of nitrogens with zero attached hydrogens (tertiary/aromatic N) is 1. The zero-order chi connectivity index (χ0) is 12.5. The van der Waals surface area contributed by atoms with Crippen molar-refractivity contribution in [3.63, 3.8) is 0 Å². The van der Waals surface area contributed by atoms with E-state index in [1.54, 1.807) is 12.1 Å². The summed E-state index contributed by atoms with van der Waals surface area (Å²) in [7, 11) is 0. The Balaban J connectivity index is 2.11. The quantitative estimate of drug-likeness (QED) is 0.805. The molecule has 1 aliphatic heterocycles. The molecule has 0 bridgehead atoms. The highest BCUT2D eigenvalue weighted by molar-refractivity contribution is 6.14. The van der Waals surface area contributed by atoms with Crippen LogP contribution >= 0.6 is 0 Å². The van der Waals surface area contributed by atoms with Crippen LogP contribution in [0.2, 0.25) is 0 Å². The van der Waals surface area contributed by atoms with Gasteiger partial charge >= 0.3 is 0 Å². The SMILES string of the molecule is OC1NN=C(c2ccc(F)cc2)c2ccccc21. The third-order valence-electron chi connectivity index (χ3n) is 2.93. The molecule has 0 aliphatic carbocycles. The monoisotopic (exact) mass is 242 g/mol. The van der Waals surface area contributed by atoms with E-state index >= 15 is 0 Å². The second-order valence-corrected chi connectivity index (χ2v) is 4.09. The van der Waals surface area contributed by atoms with Crippen LogP contribution in [0, 0.1) is 5.82 Å². The average Bonchev–Trinajstić information content (AvgIpc) is 2.41. The predicted octanol–water partition coefficient (Wildman–Crippen LogP) is 2.17. The van der Waals surface area contributed by atoms with Gasteiger partial charge in [-0.2, -0.15) is 5.10 Å². The molecule has 1 heterocycles. The summed E-state index contributed by atoms with van der Waals surface area (Å²) in [5.41, 5.74) is 5.79. The van der Waals surface area contributed by atoms with Crippen LogP contribution in [0.1, 0.15) is 22.9 Å². The zero-order valence-electron chi connectivity index (χ0n) is 9.47. The number of hydrogen-bond donors (Lipinski definition) is 2. The van der Waals surface area contributed by atoms with Crippen molar-refractivity contribution in [2.45, 2.75) is 6.23 Å². The summed E-state index contributed by atoms with van der Waals surface area (Å²) in [4.78, 5) is 0. The van der Waals surface area contributed by atoms with Gasteiger partial charge in [0.05, 0.1) is 5.71 Å². The molecule has 90 valence electrons. The molecule has 18 heavy (non-hydrogen) atoms. The maximum absolute atomic E-state index is 12.9. The Labute approximate surface area is 104 Å². The van der Waals surface area contributed by atoms with Crippen molar-refractivity contribution in [2.75, 3.05) is 0 Å². The van der Waals surface area contributed by atoms with Gasteiger partial charge in [-0.1, -0.05) is 24.3 Å². The van der Waals surface area contributed by atoms with Gasteiger partial charge in [0.15, 0.2) is 6.23 Å². The first kappa shape index (κ1) is 10.9. The smallest absolute Gasteiger partial charge is 0.166 e. The summed E-state index contributed by atoms with van der Waals surface area (Å²) in [5.74, 6) is -0.281. The van der Waals surface area contributed by atoms with E-state index in [0.29, 0.717) is 5.71 Å². The van der Waals surface area contributed by atoms with Crippen molar-refractivity contribution in [3.8, 4) is 0 Å². The van der Waals surface area contributed by atoms with Crippen molar-refractivity contribution >= 4 is 5.71 Å². The summed E-state index contributed by atoms with van der Waals surface area (Å²) in [6, 6.07) is 13.6. The van der Waals surface area contributed by atoms with Gasteiger partial charge < -0.3 is 5.11 Å². The number of nitrogens with one attached hydrogen (secondary N) is 1. The molecule has 0 saturated heterocycles. The number of fused-ring (bicyclic) bond motifs is 1. The standard InChI is InChI=1S/C14H11FN2O/c15-10-7-5-9(6-8-10)13-11-3-1-2-4-12(11)14(18)17-16-13/h1-8,14,17-18H. The third-order valence-corrected chi connectivity index (χ3v) is 2.93. The molecule has 0 spiro atoms. The molecule has 0 saturated carbocycles. The van der Waals surface area contributed by atoms with Crippen molar-refractivity contribution < 1.29 is 9.50 Å². The number of benzene rings is 2. The molecule has 2 aromatic carbocycles. The Morgan fingerprint density at radius 1 is 1.06 bits per heavy atom. The normalized spacial score (nSPS) is 17.7. The highest BCUT2D eigenvalue weighted by Crippen LogP contribution is 2.23. The molecule has 4 heteroatoms. The van der Waals surface area contributed by atoms with Gasteiger partial charge in [0, 0.05) is 16.7 Å². The summed E-state index contributed by atoms with van der Waals surface area (Å²) < 4.78 is 12.9. The molecule has 3 nitrogen and oxygen atoms in total. The van der Waals surface area contributed by atoms with Gasteiger partial charge in [-0.15, -0.1) is 0 Å². The molecule has 0 fully saturated rings. The summed E-state index contributed by atoms with van der Waals surface area (Å²) in [6.07, 6.45) is -0.801. The highest BCUT2D eigenvalue weighted by Gasteiger charge is 2.21. The van der Waals surface area contributed by atoms with E-state index in [1.165, 1.54) is 12.1 Å². The second-order valence-electron chi connectivity index (χ2n) is 4.09. The number of hydrazone groups is 1. The van der Waals surface area contributed by atoms with Crippen LogP contribution in [-0.2, 0) is 0 Å². The lowest BCUT2D eigenvalue weighted by atomic mass is 9.96. The van der Waals surface area contributed by atoms with Gasteiger partial charge in [0.1, 0.15) is 5.82 Å². The van der Waals surface area contributed by atoms with Crippen molar-refractivity contribution in [1.29, 1.82) is 0 Å². The Morgan fingerprint density at radius 2 is 1.78 bits per heavy atom. The second kappa shape index (κ2) is 4.23. The number of hydrogen-bond acceptors (Lipinski definition) is 3. The molecule has 1 unspecified atom stereocenters. The molecule has 0 aromatic heterocycles. The van der Waals surface area contributed by atoms with Crippen molar-refractivity contribution in [3.05, 3.63) is 71.0 Å². The minimum absolute atomic E-state index is 0.281. The number of halogens is 1. The van der Waals surface area contributed by atoms with Gasteiger partial charge in [-0.3, -0.25) is 5.43 Å². The summed E-state index contributed by atoms with van der Waals surface area (Å²) in [5, 5.41) is 13.9. The third kappa shape index (κ3) is 1.76. The molecule has 2 aromatic rings. The lowest BCUT2D eigenvalue weighted by Crippen LogP contribution is -2.26. The fourth-order valence-electron chi connectivity index (χ4n) is 2.03. The molecule has 2 N–H and O–H groups in total. The summed E-state index contributed by atoms with van der Waals surface area (Å²) in [6.45, 7) is 0. The minimum Gasteiger partial charge on any atom is -0.368 e. The molecule has 1 atom stereocenters. The number of rotatable bonds is 1. The van der Waals surface area contributed by atoms with Gasteiger partial charge in [0.2, 0.25) is 0 Å². The molecule has 0 amide bonds. The van der Waals surface area contributed by atoms with E-state index in [4.69, 9.17) is 0 Å². The fraction of sp³-hybridized carbons (Fsp3) is 0.0714. The van der Waals surface area contributed by atoms with E-state index in [9.17, 15) is 9.50 Å². The lowest BCUT2D eigenvalue weighted by Gasteiger charge is -2.22. The lowest BCUT2D eigenvalue weighted by molar-refractivity contribution is 0.138. The molecule has 0 radical (unpaired) electrons. The fourth-order valence-corrected chi connectivity index (χ4v) is 2.03. The van der Waals surface area contributed by atoms with Crippen LogP contribution in [0.25, 0.3) is 0 Å². The van der Waals surface area contributed by atoms with Crippen LogP contribution in [0.3, 0.4) is 0 Å². The van der Waals surface area contributed by atoms with E-state index < -0.39 is 6.23 Å². The van der Waals surface area contributed by atoms with E-state index in [2.05, 4.69) is 10.5 Å². The predicted molar refractivity (Wildman–Crippen MR) is 66.6 cm³/mol. The van der Waals surface area contributed by atoms with Crippen molar-refractivity contribution in [1.82, 2.24) is 5.43 Å². The van der Waals surface area contributed by atoms with Gasteiger partial charge in [-0.05, 0) is 24.3 Å². The maximum Gasteiger partial charge on any atom is 0.166 e. The maximum atomic E-state index is 12.9.